The number of hydrogen-bond donors (Lipinski definition) is 0. The Balaban J connectivity index is 2.62. The summed E-state index contributed by atoms with van der Waals surface area (Å²) < 4.78 is 13.2. The second-order valence-corrected chi connectivity index (χ2v) is 3.57. The van der Waals surface area contributed by atoms with Crippen molar-refractivity contribution in [1.82, 2.24) is 0 Å². The summed E-state index contributed by atoms with van der Waals surface area (Å²) in [6.45, 7) is -0.293. The Morgan fingerprint density at radius 3 is 2.75 bits per heavy atom. The molecule has 1 aliphatic rings. The maximum Gasteiger partial charge on any atom is 0.300 e. The van der Waals surface area contributed by atoms with Gasteiger partial charge in [-0.2, -0.15) is 5.26 Å². The highest BCUT2D eigenvalue weighted by molar-refractivity contribution is 6.52. The molecule has 0 unspecified atom stereocenters. The van der Waals surface area contributed by atoms with Crippen LogP contribution in [-0.4, -0.2) is 18.2 Å². The Morgan fingerprint density at radius 1 is 1.44 bits per heavy atom. The maximum atomic E-state index is 13.2. The topological polar surface area (TPSA) is 61.2 Å². The van der Waals surface area contributed by atoms with E-state index in [0.717, 1.165) is 17.0 Å². The van der Waals surface area contributed by atoms with E-state index in [1.807, 2.05) is 0 Å². The standard InChI is InChI=1S/C10H4ClFN2O2/c11-6-3-5-8(4-7(6)12)14(2-1-13)10(16)9(5)15/h3-4H,2H2. The van der Waals surface area contributed by atoms with Crippen molar-refractivity contribution in [1.29, 1.82) is 5.26 Å². The predicted molar refractivity (Wildman–Crippen MR) is 53.7 cm³/mol. The average Bonchev–Trinajstić information content (AvgIpc) is 2.46. The zero-order chi connectivity index (χ0) is 11.9. The summed E-state index contributed by atoms with van der Waals surface area (Å²) in [5.74, 6) is -2.34. The van der Waals surface area contributed by atoms with Gasteiger partial charge in [0.25, 0.3) is 11.7 Å². The lowest BCUT2D eigenvalue weighted by atomic mass is 10.1. The highest BCUT2D eigenvalue weighted by atomic mass is 35.5. The maximum absolute atomic E-state index is 13.2. The SMILES string of the molecule is N#CCN1C(=O)C(=O)c2cc(Cl)c(F)cc21. The van der Waals surface area contributed by atoms with E-state index in [0.29, 0.717) is 0 Å². The van der Waals surface area contributed by atoms with Crippen molar-refractivity contribution in [2.45, 2.75) is 0 Å². The molecule has 1 heterocycles. The van der Waals surface area contributed by atoms with Gasteiger partial charge in [0, 0.05) is 0 Å². The van der Waals surface area contributed by atoms with Gasteiger partial charge < -0.3 is 0 Å². The highest BCUT2D eigenvalue weighted by Gasteiger charge is 2.36. The fraction of sp³-hybridized carbons (Fsp3) is 0.100. The van der Waals surface area contributed by atoms with Crippen molar-refractivity contribution in [2.75, 3.05) is 11.4 Å². The fourth-order valence-electron chi connectivity index (χ4n) is 1.52. The third kappa shape index (κ3) is 1.35. The van der Waals surface area contributed by atoms with Crippen molar-refractivity contribution in [3.8, 4) is 6.07 Å². The average molecular weight is 239 g/mol. The number of nitrogens with zero attached hydrogens (tertiary/aromatic N) is 2. The van der Waals surface area contributed by atoms with Gasteiger partial charge in [-0.05, 0) is 12.1 Å². The van der Waals surface area contributed by atoms with Crippen molar-refractivity contribution in [2.24, 2.45) is 0 Å². The van der Waals surface area contributed by atoms with Crippen LogP contribution in [0.5, 0.6) is 0 Å². The van der Waals surface area contributed by atoms with E-state index in [1.165, 1.54) is 0 Å². The van der Waals surface area contributed by atoms with Crippen LogP contribution in [0.15, 0.2) is 12.1 Å². The van der Waals surface area contributed by atoms with E-state index in [4.69, 9.17) is 16.9 Å². The summed E-state index contributed by atoms with van der Waals surface area (Å²) in [5, 5.41) is 8.28. The molecule has 0 saturated carbocycles. The van der Waals surface area contributed by atoms with Gasteiger partial charge in [-0.1, -0.05) is 11.6 Å². The molecule has 2 rings (SSSR count). The van der Waals surface area contributed by atoms with Crippen molar-refractivity contribution in [3.05, 3.63) is 28.5 Å². The quantitative estimate of drug-likeness (QED) is 0.551. The minimum Gasteiger partial charge on any atom is -0.291 e. The molecule has 1 aliphatic heterocycles. The second-order valence-electron chi connectivity index (χ2n) is 3.16. The molecular formula is C10H4ClFN2O2. The van der Waals surface area contributed by atoms with Gasteiger partial charge in [0.1, 0.15) is 12.4 Å². The largest absolute Gasteiger partial charge is 0.300 e. The number of anilines is 1. The molecular weight excluding hydrogens is 235 g/mol. The lowest BCUT2D eigenvalue weighted by Crippen LogP contribution is -2.29. The summed E-state index contributed by atoms with van der Waals surface area (Å²) in [6.07, 6.45) is 0. The molecule has 0 atom stereocenters. The normalized spacial score (nSPS) is 13.9. The number of carbonyl (C=O) groups is 2. The molecule has 0 N–H and O–H groups in total. The van der Waals surface area contributed by atoms with E-state index in [1.54, 1.807) is 6.07 Å². The summed E-state index contributed by atoms with van der Waals surface area (Å²) in [5.41, 5.74) is 0.130. The Morgan fingerprint density at radius 2 is 2.12 bits per heavy atom. The van der Waals surface area contributed by atoms with Gasteiger partial charge in [0.15, 0.2) is 0 Å². The van der Waals surface area contributed by atoms with Crippen LogP contribution < -0.4 is 4.90 Å². The Kier molecular flexibility index (Phi) is 2.37. The zero-order valence-corrected chi connectivity index (χ0v) is 8.58. The van der Waals surface area contributed by atoms with Gasteiger partial charge >= 0.3 is 0 Å². The number of rotatable bonds is 1. The van der Waals surface area contributed by atoms with Crippen LogP contribution in [0.25, 0.3) is 0 Å². The lowest BCUT2D eigenvalue weighted by molar-refractivity contribution is -0.114. The van der Waals surface area contributed by atoms with Gasteiger partial charge in [0.05, 0.1) is 22.3 Å². The van der Waals surface area contributed by atoms with Crippen molar-refractivity contribution in [3.63, 3.8) is 0 Å². The molecule has 0 spiro atoms. The summed E-state index contributed by atoms with van der Waals surface area (Å²) >= 11 is 5.51. The van der Waals surface area contributed by atoms with E-state index >= 15 is 0 Å². The number of amides is 1. The summed E-state index contributed by atoms with van der Waals surface area (Å²) in [6, 6.07) is 3.82. The van der Waals surface area contributed by atoms with Gasteiger partial charge in [0.2, 0.25) is 0 Å². The molecule has 1 aromatic rings. The lowest BCUT2D eigenvalue weighted by Gasteiger charge is -2.11. The molecule has 1 amide bonds. The molecule has 0 bridgehead atoms. The number of carbonyl (C=O) groups excluding carboxylic acids is 2. The molecule has 80 valence electrons. The first-order valence-corrected chi connectivity index (χ1v) is 4.66. The van der Waals surface area contributed by atoms with Crippen LogP contribution in [-0.2, 0) is 4.79 Å². The van der Waals surface area contributed by atoms with E-state index in [2.05, 4.69) is 0 Å². The molecule has 0 aliphatic carbocycles. The Bertz CT molecular complexity index is 550. The number of hydrogen-bond acceptors (Lipinski definition) is 3. The van der Waals surface area contributed by atoms with Crippen LogP contribution in [0.2, 0.25) is 5.02 Å². The Labute approximate surface area is 94.8 Å². The molecule has 16 heavy (non-hydrogen) atoms. The van der Waals surface area contributed by atoms with E-state index < -0.39 is 17.5 Å². The molecule has 0 saturated heterocycles. The first-order valence-electron chi connectivity index (χ1n) is 4.28. The molecule has 1 aromatic carbocycles. The highest BCUT2D eigenvalue weighted by Crippen LogP contribution is 2.32. The molecule has 6 heteroatoms. The van der Waals surface area contributed by atoms with Crippen molar-refractivity contribution < 1.29 is 14.0 Å². The van der Waals surface area contributed by atoms with Crippen LogP contribution in [0.4, 0.5) is 10.1 Å². The first kappa shape index (κ1) is 10.6. The number of nitriles is 1. The minimum atomic E-state index is -0.835. The van der Waals surface area contributed by atoms with Gasteiger partial charge in [-0.15, -0.1) is 0 Å². The number of ketones is 1. The number of halogens is 2. The first-order chi connectivity index (χ1) is 7.56. The van der Waals surface area contributed by atoms with Crippen LogP contribution >= 0.6 is 11.6 Å². The monoisotopic (exact) mass is 238 g/mol. The molecule has 0 radical (unpaired) electrons. The third-order valence-corrected chi connectivity index (χ3v) is 2.53. The van der Waals surface area contributed by atoms with Gasteiger partial charge in [-0.3, -0.25) is 14.5 Å². The van der Waals surface area contributed by atoms with Crippen molar-refractivity contribution >= 4 is 29.0 Å². The van der Waals surface area contributed by atoms with Gasteiger partial charge in [-0.25, -0.2) is 4.39 Å². The number of benzene rings is 1. The molecule has 4 nitrogen and oxygen atoms in total. The zero-order valence-electron chi connectivity index (χ0n) is 7.83. The minimum absolute atomic E-state index is 0.0339. The van der Waals surface area contributed by atoms with E-state index in [9.17, 15) is 14.0 Å². The van der Waals surface area contributed by atoms with E-state index in [-0.39, 0.29) is 22.8 Å². The predicted octanol–water partition coefficient (Wildman–Crippen LogP) is 1.53. The van der Waals surface area contributed by atoms with Crippen LogP contribution in [0, 0.1) is 17.1 Å². The smallest absolute Gasteiger partial charge is 0.291 e. The van der Waals surface area contributed by atoms with Crippen LogP contribution in [0.3, 0.4) is 0 Å². The summed E-state index contributed by atoms with van der Waals surface area (Å²) in [7, 11) is 0. The van der Waals surface area contributed by atoms with Crippen LogP contribution in [0.1, 0.15) is 10.4 Å². The molecule has 0 aromatic heterocycles. The second kappa shape index (κ2) is 3.58. The number of Topliss-reactive ketones (excluding diaryl/α,β-unsaturated/α-hetero) is 1. The Hall–Kier alpha value is -1.93. The fourth-order valence-corrected chi connectivity index (χ4v) is 1.68. The third-order valence-electron chi connectivity index (χ3n) is 2.24. The summed E-state index contributed by atoms with van der Waals surface area (Å²) in [4.78, 5) is 23.8. The number of fused-ring (bicyclic) bond motifs is 1. The molecule has 0 fully saturated rings.